The van der Waals surface area contributed by atoms with Crippen molar-refractivity contribution in [3.8, 4) is 0 Å². The van der Waals surface area contributed by atoms with Crippen molar-refractivity contribution in [1.82, 2.24) is 9.78 Å². The minimum atomic E-state index is 0.699. The SMILES string of the molecule is CCn1nc(C)c(Br)c1CC1CCC(Br)C1C. The van der Waals surface area contributed by atoms with E-state index in [1.165, 1.54) is 23.0 Å². The lowest BCUT2D eigenvalue weighted by molar-refractivity contribution is 0.408. The van der Waals surface area contributed by atoms with Gasteiger partial charge in [-0.25, -0.2) is 0 Å². The molecule has 1 aromatic heterocycles. The van der Waals surface area contributed by atoms with E-state index in [9.17, 15) is 0 Å². The molecule has 1 saturated carbocycles. The Morgan fingerprint density at radius 1 is 1.41 bits per heavy atom. The van der Waals surface area contributed by atoms with Crippen molar-refractivity contribution in [2.45, 2.75) is 51.4 Å². The van der Waals surface area contributed by atoms with Gasteiger partial charge in [0.05, 0.1) is 15.9 Å². The van der Waals surface area contributed by atoms with E-state index in [0.29, 0.717) is 4.83 Å². The minimum Gasteiger partial charge on any atom is -0.268 e. The van der Waals surface area contributed by atoms with Crippen molar-refractivity contribution in [2.75, 3.05) is 0 Å². The standard InChI is InChI=1S/C13H20Br2N2/c1-4-17-12(13(15)9(3)16-17)7-10-5-6-11(14)8(10)2/h8,10-11H,4-7H2,1-3H3. The molecule has 2 nitrogen and oxygen atoms in total. The first-order chi connectivity index (χ1) is 8.04. The van der Waals surface area contributed by atoms with Crippen LogP contribution in [0.4, 0.5) is 0 Å². The molecule has 2 rings (SSSR count). The van der Waals surface area contributed by atoms with Crippen molar-refractivity contribution >= 4 is 31.9 Å². The Labute approximate surface area is 120 Å². The summed E-state index contributed by atoms with van der Waals surface area (Å²) in [4.78, 5) is 0.699. The monoisotopic (exact) mass is 362 g/mol. The van der Waals surface area contributed by atoms with Crippen LogP contribution >= 0.6 is 31.9 Å². The summed E-state index contributed by atoms with van der Waals surface area (Å²) >= 11 is 7.47. The van der Waals surface area contributed by atoms with Gasteiger partial charge in [0.2, 0.25) is 0 Å². The van der Waals surface area contributed by atoms with Crippen LogP contribution in [0.3, 0.4) is 0 Å². The number of rotatable bonds is 3. The Morgan fingerprint density at radius 3 is 2.65 bits per heavy atom. The summed E-state index contributed by atoms with van der Waals surface area (Å²) in [6.07, 6.45) is 3.79. The molecular weight excluding hydrogens is 344 g/mol. The van der Waals surface area contributed by atoms with Gasteiger partial charge in [0.25, 0.3) is 0 Å². The maximum absolute atomic E-state index is 4.57. The molecule has 1 aliphatic rings. The van der Waals surface area contributed by atoms with Crippen molar-refractivity contribution < 1.29 is 0 Å². The van der Waals surface area contributed by atoms with E-state index in [-0.39, 0.29) is 0 Å². The second-order valence-corrected chi connectivity index (χ2v) is 7.05. The first-order valence-corrected chi connectivity index (χ1v) is 8.11. The first kappa shape index (κ1) is 13.6. The van der Waals surface area contributed by atoms with Crippen LogP contribution in [0.1, 0.15) is 38.1 Å². The molecular formula is C13H20Br2N2. The lowest BCUT2D eigenvalue weighted by atomic mass is 9.93. The second-order valence-electron chi connectivity index (χ2n) is 5.08. The van der Waals surface area contributed by atoms with Crippen molar-refractivity contribution in [3.63, 3.8) is 0 Å². The maximum Gasteiger partial charge on any atom is 0.0738 e. The molecule has 0 aromatic carbocycles. The smallest absolute Gasteiger partial charge is 0.0738 e. The molecule has 96 valence electrons. The number of aromatic nitrogens is 2. The van der Waals surface area contributed by atoms with Gasteiger partial charge in [0, 0.05) is 11.4 Å². The molecule has 1 aromatic rings. The van der Waals surface area contributed by atoms with Crippen LogP contribution in [0.25, 0.3) is 0 Å². The normalized spacial score (nSPS) is 28.9. The molecule has 0 bridgehead atoms. The maximum atomic E-state index is 4.57. The zero-order valence-corrected chi connectivity index (χ0v) is 13.9. The zero-order valence-electron chi connectivity index (χ0n) is 10.7. The number of hydrogen-bond acceptors (Lipinski definition) is 1. The van der Waals surface area contributed by atoms with Gasteiger partial charge in [-0.1, -0.05) is 22.9 Å². The third-order valence-electron chi connectivity index (χ3n) is 4.04. The van der Waals surface area contributed by atoms with Gasteiger partial charge in [0.1, 0.15) is 0 Å². The van der Waals surface area contributed by atoms with Crippen LogP contribution in [0.15, 0.2) is 4.47 Å². The number of halogens is 2. The van der Waals surface area contributed by atoms with Gasteiger partial charge in [-0.2, -0.15) is 5.10 Å². The summed E-state index contributed by atoms with van der Waals surface area (Å²) in [5, 5.41) is 4.57. The molecule has 0 spiro atoms. The van der Waals surface area contributed by atoms with Gasteiger partial charge in [0.15, 0.2) is 0 Å². The van der Waals surface area contributed by atoms with Crippen LogP contribution in [-0.2, 0) is 13.0 Å². The number of alkyl halides is 1. The quantitative estimate of drug-likeness (QED) is 0.731. The molecule has 0 saturated heterocycles. The zero-order chi connectivity index (χ0) is 12.6. The van der Waals surface area contributed by atoms with Crippen molar-refractivity contribution in [3.05, 3.63) is 15.9 Å². The molecule has 0 radical (unpaired) electrons. The number of hydrogen-bond donors (Lipinski definition) is 0. The fraction of sp³-hybridized carbons (Fsp3) is 0.769. The molecule has 0 aliphatic heterocycles. The third-order valence-corrected chi connectivity index (χ3v) is 6.36. The van der Waals surface area contributed by atoms with E-state index in [2.05, 4.69) is 62.4 Å². The van der Waals surface area contributed by atoms with E-state index in [1.54, 1.807) is 0 Å². The minimum absolute atomic E-state index is 0.699. The van der Waals surface area contributed by atoms with Gasteiger partial charge >= 0.3 is 0 Å². The topological polar surface area (TPSA) is 17.8 Å². The predicted molar refractivity (Wildman–Crippen MR) is 78.6 cm³/mol. The number of aryl methyl sites for hydroxylation is 2. The molecule has 0 amide bonds. The second kappa shape index (κ2) is 5.43. The third kappa shape index (κ3) is 2.62. The first-order valence-electron chi connectivity index (χ1n) is 6.40. The van der Waals surface area contributed by atoms with Gasteiger partial charge in [-0.05, 0) is 60.9 Å². The average Bonchev–Trinajstić information content (AvgIpc) is 2.76. The van der Waals surface area contributed by atoms with E-state index < -0.39 is 0 Å². The summed E-state index contributed by atoms with van der Waals surface area (Å²) < 4.78 is 3.36. The summed E-state index contributed by atoms with van der Waals surface area (Å²) in [6.45, 7) is 7.56. The summed E-state index contributed by atoms with van der Waals surface area (Å²) in [5.41, 5.74) is 2.49. The molecule has 17 heavy (non-hydrogen) atoms. The van der Waals surface area contributed by atoms with E-state index in [4.69, 9.17) is 0 Å². The largest absolute Gasteiger partial charge is 0.268 e. The Bertz CT molecular complexity index is 400. The Hall–Kier alpha value is 0.170. The van der Waals surface area contributed by atoms with Crippen LogP contribution in [0.2, 0.25) is 0 Å². The molecule has 1 aliphatic carbocycles. The van der Waals surface area contributed by atoms with Gasteiger partial charge in [-0.3, -0.25) is 4.68 Å². The van der Waals surface area contributed by atoms with Crippen LogP contribution < -0.4 is 0 Å². The van der Waals surface area contributed by atoms with Crippen LogP contribution in [0, 0.1) is 18.8 Å². The average molecular weight is 364 g/mol. The van der Waals surface area contributed by atoms with Crippen molar-refractivity contribution in [1.29, 1.82) is 0 Å². The molecule has 0 N–H and O–H groups in total. The predicted octanol–water partition coefficient (Wildman–Crippen LogP) is 4.33. The molecule has 4 heteroatoms. The summed E-state index contributed by atoms with van der Waals surface area (Å²) in [5.74, 6) is 1.56. The fourth-order valence-corrected chi connectivity index (χ4v) is 3.94. The fourth-order valence-electron chi connectivity index (χ4n) is 2.79. The molecule has 1 heterocycles. The molecule has 1 fully saturated rings. The Kier molecular flexibility index (Phi) is 4.35. The lowest BCUT2D eigenvalue weighted by Gasteiger charge is -2.18. The molecule has 3 atom stereocenters. The van der Waals surface area contributed by atoms with Gasteiger partial charge in [-0.15, -0.1) is 0 Å². The lowest BCUT2D eigenvalue weighted by Crippen LogP contribution is -2.15. The van der Waals surface area contributed by atoms with Gasteiger partial charge < -0.3 is 0 Å². The van der Waals surface area contributed by atoms with E-state index in [0.717, 1.165) is 30.5 Å². The summed E-state index contributed by atoms with van der Waals surface area (Å²) in [6, 6.07) is 0. The summed E-state index contributed by atoms with van der Waals surface area (Å²) in [7, 11) is 0. The highest BCUT2D eigenvalue weighted by molar-refractivity contribution is 9.10. The Morgan fingerprint density at radius 2 is 2.12 bits per heavy atom. The van der Waals surface area contributed by atoms with E-state index >= 15 is 0 Å². The van der Waals surface area contributed by atoms with E-state index in [1.807, 2.05) is 0 Å². The van der Waals surface area contributed by atoms with Crippen molar-refractivity contribution in [2.24, 2.45) is 11.8 Å². The number of nitrogens with zero attached hydrogens (tertiary/aromatic N) is 2. The highest BCUT2D eigenvalue weighted by Crippen LogP contribution is 2.39. The Balaban J connectivity index is 2.18. The van der Waals surface area contributed by atoms with Crippen LogP contribution in [0.5, 0.6) is 0 Å². The highest BCUT2D eigenvalue weighted by Gasteiger charge is 2.32. The molecule has 3 unspecified atom stereocenters. The highest BCUT2D eigenvalue weighted by atomic mass is 79.9. The van der Waals surface area contributed by atoms with Crippen LogP contribution in [-0.4, -0.2) is 14.6 Å².